The molecule has 1 fully saturated rings. The van der Waals surface area contributed by atoms with E-state index in [4.69, 9.17) is 4.74 Å². The zero-order valence-corrected chi connectivity index (χ0v) is 15.5. The molecule has 0 amide bonds. The molecule has 1 aliphatic heterocycles. The van der Waals surface area contributed by atoms with Gasteiger partial charge in [-0.3, -0.25) is 9.54 Å². The first kappa shape index (κ1) is 18.0. The Labute approximate surface area is 158 Å². The average Bonchev–Trinajstić information content (AvgIpc) is 3.06. The van der Waals surface area contributed by atoms with Crippen LogP contribution in [0.4, 0.5) is 4.39 Å². The monoisotopic (exact) mass is 390 g/mol. The quantitative estimate of drug-likeness (QED) is 0.693. The number of hydrogen-bond acceptors (Lipinski definition) is 4. The van der Waals surface area contributed by atoms with Crippen LogP contribution in [0, 0.1) is 5.82 Å². The van der Waals surface area contributed by atoms with Crippen LogP contribution in [-0.2, 0) is 11.3 Å². The van der Waals surface area contributed by atoms with E-state index in [9.17, 15) is 13.2 Å². The fourth-order valence-electron chi connectivity index (χ4n) is 3.58. The highest BCUT2D eigenvalue weighted by molar-refractivity contribution is 7.76. The summed E-state index contributed by atoms with van der Waals surface area (Å²) >= 11 is -1.97. The average molecular weight is 390 g/mol. The van der Waals surface area contributed by atoms with Crippen LogP contribution in [-0.4, -0.2) is 47.8 Å². The molecule has 0 radical (unpaired) electrons. The van der Waals surface area contributed by atoms with E-state index in [0.717, 1.165) is 5.52 Å². The van der Waals surface area contributed by atoms with E-state index in [0.29, 0.717) is 48.6 Å². The zero-order chi connectivity index (χ0) is 19.0. The van der Waals surface area contributed by atoms with Gasteiger partial charge in [-0.25, -0.2) is 17.9 Å². The lowest BCUT2D eigenvalue weighted by molar-refractivity contribution is 0.274. The Hall–Kier alpha value is -2.36. The molecule has 1 aromatic carbocycles. The summed E-state index contributed by atoms with van der Waals surface area (Å²) in [5.74, 6) is 0.774. The summed E-state index contributed by atoms with van der Waals surface area (Å²) < 4.78 is 43.9. The lowest BCUT2D eigenvalue weighted by Crippen LogP contribution is -2.35. The maximum atomic E-state index is 14.4. The Kier molecular flexibility index (Phi) is 4.90. The minimum atomic E-state index is -1.97. The van der Waals surface area contributed by atoms with E-state index < -0.39 is 17.1 Å². The van der Waals surface area contributed by atoms with Gasteiger partial charge in [-0.15, -0.1) is 0 Å². The number of nitrogens with zero attached hydrogens (tertiary/aromatic N) is 4. The Morgan fingerprint density at radius 1 is 1.30 bits per heavy atom. The summed E-state index contributed by atoms with van der Waals surface area (Å²) in [7, 11) is 1.59. The summed E-state index contributed by atoms with van der Waals surface area (Å²) in [5.41, 5.74) is 1.98. The van der Waals surface area contributed by atoms with Crippen molar-refractivity contribution in [3.63, 3.8) is 0 Å². The van der Waals surface area contributed by atoms with Gasteiger partial charge in [0, 0.05) is 31.4 Å². The first-order valence-corrected chi connectivity index (χ1v) is 9.66. The number of ether oxygens (including phenoxy) is 1. The van der Waals surface area contributed by atoms with Gasteiger partial charge in [0.2, 0.25) is 11.3 Å². The maximum absolute atomic E-state index is 14.4. The van der Waals surface area contributed by atoms with E-state index >= 15 is 0 Å². The fourth-order valence-corrected chi connectivity index (χ4v) is 4.10. The second-order valence-electron chi connectivity index (χ2n) is 6.41. The number of halogens is 1. The van der Waals surface area contributed by atoms with Gasteiger partial charge in [0.25, 0.3) is 0 Å². The molecule has 4 rings (SSSR count). The summed E-state index contributed by atoms with van der Waals surface area (Å²) in [6.45, 7) is 0.976. The molecule has 1 unspecified atom stereocenters. The van der Waals surface area contributed by atoms with Gasteiger partial charge in [0.15, 0.2) is 5.82 Å². The van der Waals surface area contributed by atoms with Gasteiger partial charge in [0.1, 0.15) is 11.6 Å². The van der Waals surface area contributed by atoms with Gasteiger partial charge in [0.05, 0.1) is 29.9 Å². The number of aromatic nitrogens is 3. The van der Waals surface area contributed by atoms with E-state index in [1.54, 1.807) is 19.4 Å². The molecule has 3 aromatic rings. The zero-order valence-electron chi connectivity index (χ0n) is 14.7. The molecule has 142 valence electrons. The van der Waals surface area contributed by atoms with E-state index in [1.807, 2.05) is 22.8 Å². The van der Waals surface area contributed by atoms with Gasteiger partial charge in [-0.2, -0.15) is 0 Å². The third kappa shape index (κ3) is 3.33. The molecule has 7 nitrogen and oxygen atoms in total. The topological polar surface area (TPSA) is 80.5 Å². The number of methoxy groups -OCH3 is 1. The van der Waals surface area contributed by atoms with Crippen molar-refractivity contribution in [3.8, 4) is 17.1 Å². The highest BCUT2D eigenvalue weighted by Gasteiger charge is 2.27. The molecular weight excluding hydrogens is 371 g/mol. The molecule has 3 heterocycles. The lowest BCUT2D eigenvalue weighted by atomic mass is 10.1. The number of fused-ring (bicyclic) bond motifs is 1. The molecule has 1 atom stereocenters. The smallest absolute Gasteiger partial charge is 0.234 e. The number of benzene rings is 1. The van der Waals surface area contributed by atoms with Crippen molar-refractivity contribution in [2.45, 2.75) is 18.9 Å². The number of pyridine rings is 1. The van der Waals surface area contributed by atoms with Crippen molar-refractivity contribution in [2.24, 2.45) is 0 Å². The predicted molar refractivity (Wildman–Crippen MR) is 100 cm³/mol. The summed E-state index contributed by atoms with van der Waals surface area (Å²) in [6, 6.07) is 7.26. The normalized spacial score (nSPS) is 17.3. The van der Waals surface area contributed by atoms with E-state index in [2.05, 4.69) is 9.97 Å². The molecule has 27 heavy (non-hydrogen) atoms. The molecule has 0 bridgehead atoms. The third-order valence-corrected chi connectivity index (χ3v) is 5.73. The molecule has 0 saturated carbocycles. The molecule has 9 heteroatoms. The van der Waals surface area contributed by atoms with Crippen LogP contribution in [0.3, 0.4) is 0 Å². The third-order valence-electron chi connectivity index (χ3n) is 4.92. The van der Waals surface area contributed by atoms with Crippen molar-refractivity contribution < 1.29 is 17.9 Å². The number of rotatable bonds is 4. The molecule has 1 aliphatic rings. The highest BCUT2D eigenvalue weighted by Crippen LogP contribution is 2.35. The van der Waals surface area contributed by atoms with Gasteiger partial charge in [-0.1, -0.05) is 0 Å². The minimum Gasteiger partial charge on any atom is -0.497 e. The van der Waals surface area contributed by atoms with Crippen LogP contribution in [0.2, 0.25) is 0 Å². The highest BCUT2D eigenvalue weighted by atomic mass is 32.2. The Bertz CT molecular complexity index is 1000. The maximum Gasteiger partial charge on any atom is 0.234 e. The van der Waals surface area contributed by atoms with Crippen molar-refractivity contribution in [1.29, 1.82) is 0 Å². The molecule has 0 aliphatic carbocycles. The lowest BCUT2D eigenvalue weighted by Gasteiger charge is -2.31. The minimum absolute atomic E-state index is 0.0470. The van der Waals surface area contributed by atoms with Crippen molar-refractivity contribution in [2.75, 3.05) is 20.2 Å². The fraction of sp³-hybridized carbons (Fsp3) is 0.333. The largest absolute Gasteiger partial charge is 0.497 e. The van der Waals surface area contributed by atoms with E-state index in [-0.39, 0.29) is 6.04 Å². The number of hydrogen-bond donors (Lipinski definition) is 1. The first-order chi connectivity index (χ1) is 13.1. The predicted octanol–water partition coefficient (Wildman–Crippen LogP) is 3.02. The standard InChI is InChI=1S/C18H19FN4O3S/c1-26-13-2-3-17-16(10-13)21-18(14-4-7-20-11-15(14)19)23(17)12-5-8-22(9-6-12)27(24)25/h2-4,7,10-12H,5-6,8-9H2,1H3,(H,24,25). The van der Waals surface area contributed by atoms with Gasteiger partial charge in [-0.05, 0) is 31.0 Å². The molecule has 2 aromatic heterocycles. The van der Waals surface area contributed by atoms with Crippen LogP contribution in [0.15, 0.2) is 36.7 Å². The Morgan fingerprint density at radius 3 is 2.74 bits per heavy atom. The van der Waals surface area contributed by atoms with Crippen LogP contribution < -0.4 is 4.74 Å². The second kappa shape index (κ2) is 7.34. The molecule has 1 saturated heterocycles. The first-order valence-electron chi connectivity index (χ1n) is 8.60. The van der Waals surface area contributed by atoms with Crippen LogP contribution in [0.5, 0.6) is 5.75 Å². The van der Waals surface area contributed by atoms with Crippen molar-refractivity contribution >= 4 is 22.3 Å². The Balaban J connectivity index is 1.83. The second-order valence-corrected chi connectivity index (χ2v) is 7.38. The Morgan fingerprint density at radius 2 is 2.07 bits per heavy atom. The van der Waals surface area contributed by atoms with Crippen molar-refractivity contribution in [3.05, 3.63) is 42.5 Å². The van der Waals surface area contributed by atoms with Crippen LogP contribution in [0.25, 0.3) is 22.4 Å². The van der Waals surface area contributed by atoms with Crippen molar-refractivity contribution in [1.82, 2.24) is 18.8 Å². The molecular formula is C18H19FN4O3S. The summed E-state index contributed by atoms with van der Waals surface area (Å²) in [5, 5.41) is 0. The van der Waals surface area contributed by atoms with Gasteiger partial charge < -0.3 is 9.30 Å². The summed E-state index contributed by atoms with van der Waals surface area (Å²) in [6.07, 6.45) is 4.06. The van der Waals surface area contributed by atoms with Gasteiger partial charge >= 0.3 is 0 Å². The van der Waals surface area contributed by atoms with Crippen LogP contribution >= 0.6 is 0 Å². The number of piperidine rings is 1. The van der Waals surface area contributed by atoms with Crippen LogP contribution in [0.1, 0.15) is 18.9 Å². The molecule has 0 spiro atoms. The SMILES string of the molecule is COc1ccc2c(c1)nc(-c1ccncc1F)n2C1CCN(S(=O)O)CC1. The van der Waals surface area contributed by atoms with E-state index in [1.165, 1.54) is 10.5 Å². The molecule has 1 N–H and O–H groups in total. The summed E-state index contributed by atoms with van der Waals surface area (Å²) in [4.78, 5) is 8.50. The number of imidazole rings is 1.